The molecule has 1 N–H and O–H groups in total. The molecule has 1 aromatic carbocycles. The van der Waals surface area contributed by atoms with Crippen LogP contribution in [0.2, 0.25) is 0 Å². The molecule has 0 saturated carbocycles. The summed E-state index contributed by atoms with van der Waals surface area (Å²) in [5, 5.41) is 3.36. The summed E-state index contributed by atoms with van der Waals surface area (Å²) in [5.74, 6) is 1.49. The summed E-state index contributed by atoms with van der Waals surface area (Å²) in [5.41, 5.74) is 1.37. The highest BCUT2D eigenvalue weighted by atomic mass is 15.2. The van der Waals surface area contributed by atoms with E-state index < -0.39 is 0 Å². The average Bonchev–Trinajstić information content (AvgIpc) is 2.77. The highest BCUT2D eigenvalue weighted by Crippen LogP contribution is 2.27. The number of hydrogen-bond donors (Lipinski definition) is 1. The van der Waals surface area contributed by atoms with E-state index in [0.29, 0.717) is 11.3 Å². The van der Waals surface area contributed by atoms with Crippen LogP contribution < -0.4 is 5.32 Å². The van der Waals surface area contributed by atoms with Crippen LogP contribution in [0.25, 0.3) is 0 Å². The maximum absolute atomic E-state index is 4.40. The average molecular weight is 257 g/mol. The SMILES string of the molecule is CC(Cn1ccnc1Nc1ccccc1)C(C)(C)C. The fraction of sp³-hybridized carbons (Fsp3) is 0.438. The number of hydrogen-bond acceptors (Lipinski definition) is 2. The van der Waals surface area contributed by atoms with Gasteiger partial charge in [-0.2, -0.15) is 0 Å². The Morgan fingerprint density at radius 3 is 2.53 bits per heavy atom. The number of nitrogens with one attached hydrogen (secondary N) is 1. The van der Waals surface area contributed by atoms with Gasteiger partial charge in [0.05, 0.1) is 0 Å². The molecular weight excluding hydrogens is 234 g/mol. The predicted octanol–water partition coefficient (Wildman–Crippen LogP) is 4.31. The highest BCUT2D eigenvalue weighted by Gasteiger charge is 2.21. The standard InChI is InChI=1S/C16H23N3/c1-13(16(2,3)4)12-19-11-10-17-15(19)18-14-8-6-5-7-9-14/h5-11,13H,12H2,1-4H3,(H,17,18). The normalized spacial score (nSPS) is 13.3. The molecule has 19 heavy (non-hydrogen) atoms. The zero-order valence-corrected chi connectivity index (χ0v) is 12.2. The first-order chi connectivity index (χ1) is 8.97. The smallest absolute Gasteiger partial charge is 0.207 e. The van der Waals surface area contributed by atoms with E-state index in [0.717, 1.165) is 18.2 Å². The second-order valence-corrected chi connectivity index (χ2v) is 6.16. The van der Waals surface area contributed by atoms with Gasteiger partial charge < -0.3 is 9.88 Å². The van der Waals surface area contributed by atoms with Crippen molar-refractivity contribution in [1.82, 2.24) is 9.55 Å². The molecule has 3 heteroatoms. The molecule has 3 nitrogen and oxygen atoms in total. The molecule has 2 aromatic rings. The lowest BCUT2D eigenvalue weighted by molar-refractivity contribution is 0.234. The van der Waals surface area contributed by atoms with Crippen LogP contribution in [-0.2, 0) is 6.54 Å². The number of rotatable bonds is 4. The summed E-state index contributed by atoms with van der Waals surface area (Å²) in [6.45, 7) is 10.1. The van der Waals surface area contributed by atoms with E-state index in [9.17, 15) is 0 Å². The summed E-state index contributed by atoms with van der Waals surface area (Å²) in [4.78, 5) is 4.40. The van der Waals surface area contributed by atoms with E-state index in [-0.39, 0.29) is 0 Å². The van der Waals surface area contributed by atoms with Gasteiger partial charge in [-0.1, -0.05) is 45.9 Å². The fourth-order valence-electron chi connectivity index (χ4n) is 1.80. The molecule has 0 fully saturated rings. The second kappa shape index (κ2) is 5.47. The molecule has 1 unspecified atom stereocenters. The molecule has 102 valence electrons. The van der Waals surface area contributed by atoms with Crippen LogP contribution in [0.1, 0.15) is 27.7 Å². The van der Waals surface area contributed by atoms with Crippen molar-refractivity contribution in [3.63, 3.8) is 0 Å². The Kier molecular flexibility index (Phi) is 3.93. The van der Waals surface area contributed by atoms with Gasteiger partial charge in [-0.15, -0.1) is 0 Å². The third-order valence-corrected chi connectivity index (χ3v) is 3.69. The summed E-state index contributed by atoms with van der Waals surface area (Å²) in [6.07, 6.45) is 3.88. The largest absolute Gasteiger partial charge is 0.326 e. The summed E-state index contributed by atoms with van der Waals surface area (Å²) < 4.78 is 2.18. The molecular formula is C16H23N3. The van der Waals surface area contributed by atoms with Gasteiger partial charge in [-0.25, -0.2) is 4.98 Å². The van der Waals surface area contributed by atoms with Crippen molar-refractivity contribution in [2.75, 3.05) is 5.32 Å². The third kappa shape index (κ3) is 3.60. The molecule has 0 aliphatic carbocycles. The minimum atomic E-state index is 0.300. The topological polar surface area (TPSA) is 29.9 Å². The number of benzene rings is 1. The van der Waals surface area contributed by atoms with E-state index in [1.807, 2.05) is 42.7 Å². The quantitative estimate of drug-likeness (QED) is 0.884. The van der Waals surface area contributed by atoms with E-state index in [4.69, 9.17) is 0 Å². The molecule has 1 aromatic heterocycles. The van der Waals surface area contributed by atoms with Crippen LogP contribution in [0.3, 0.4) is 0 Å². The number of anilines is 2. The lowest BCUT2D eigenvalue weighted by atomic mass is 9.82. The van der Waals surface area contributed by atoms with Gasteiger partial charge >= 0.3 is 0 Å². The number of imidazole rings is 1. The zero-order chi connectivity index (χ0) is 13.9. The maximum atomic E-state index is 4.40. The first-order valence-electron chi connectivity index (χ1n) is 6.80. The first kappa shape index (κ1) is 13.7. The van der Waals surface area contributed by atoms with Gasteiger partial charge in [0.15, 0.2) is 0 Å². The van der Waals surface area contributed by atoms with Gasteiger partial charge in [-0.3, -0.25) is 0 Å². The van der Waals surface area contributed by atoms with Crippen molar-refractivity contribution < 1.29 is 0 Å². The van der Waals surface area contributed by atoms with E-state index in [1.165, 1.54) is 0 Å². The summed E-state index contributed by atoms with van der Waals surface area (Å²) >= 11 is 0. The monoisotopic (exact) mass is 257 g/mol. The second-order valence-electron chi connectivity index (χ2n) is 6.16. The van der Waals surface area contributed by atoms with Crippen molar-refractivity contribution in [2.24, 2.45) is 11.3 Å². The molecule has 0 aliphatic heterocycles. The summed E-state index contributed by atoms with van der Waals surface area (Å²) in [6, 6.07) is 10.2. The van der Waals surface area contributed by atoms with Crippen molar-refractivity contribution in [2.45, 2.75) is 34.2 Å². The highest BCUT2D eigenvalue weighted by molar-refractivity contribution is 5.52. The van der Waals surface area contributed by atoms with E-state index in [1.54, 1.807) is 0 Å². The van der Waals surface area contributed by atoms with Gasteiger partial charge in [0.1, 0.15) is 0 Å². The van der Waals surface area contributed by atoms with Crippen molar-refractivity contribution >= 4 is 11.6 Å². The van der Waals surface area contributed by atoms with Gasteiger partial charge in [0.2, 0.25) is 5.95 Å². The van der Waals surface area contributed by atoms with Crippen LogP contribution in [0, 0.1) is 11.3 Å². The predicted molar refractivity (Wildman–Crippen MR) is 80.6 cm³/mol. The maximum Gasteiger partial charge on any atom is 0.207 e. The first-order valence-corrected chi connectivity index (χ1v) is 6.80. The molecule has 0 bridgehead atoms. The molecule has 0 amide bonds. The third-order valence-electron chi connectivity index (χ3n) is 3.69. The summed E-state index contributed by atoms with van der Waals surface area (Å²) in [7, 11) is 0. The Balaban J connectivity index is 2.10. The minimum absolute atomic E-state index is 0.300. The van der Waals surface area contributed by atoms with Crippen LogP contribution in [0.15, 0.2) is 42.7 Å². The van der Waals surface area contributed by atoms with Gasteiger partial charge in [0, 0.05) is 24.6 Å². The van der Waals surface area contributed by atoms with Crippen LogP contribution in [-0.4, -0.2) is 9.55 Å². The van der Waals surface area contributed by atoms with Crippen LogP contribution >= 0.6 is 0 Å². The Bertz CT molecular complexity index is 508. The van der Waals surface area contributed by atoms with Gasteiger partial charge in [0.25, 0.3) is 0 Å². The Hall–Kier alpha value is -1.77. The zero-order valence-electron chi connectivity index (χ0n) is 12.2. The Morgan fingerprint density at radius 2 is 1.89 bits per heavy atom. The molecule has 1 atom stereocenters. The van der Waals surface area contributed by atoms with E-state index >= 15 is 0 Å². The van der Waals surface area contributed by atoms with E-state index in [2.05, 4.69) is 42.6 Å². The lowest BCUT2D eigenvalue weighted by Crippen LogP contribution is -2.22. The molecule has 2 rings (SSSR count). The van der Waals surface area contributed by atoms with Crippen molar-refractivity contribution in [3.05, 3.63) is 42.7 Å². The molecule has 0 saturated heterocycles. The van der Waals surface area contributed by atoms with Crippen molar-refractivity contribution in [3.8, 4) is 0 Å². The van der Waals surface area contributed by atoms with Gasteiger partial charge in [-0.05, 0) is 23.5 Å². The molecule has 0 aliphatic rings. The fourth-order valence-corrected chi connectivity index (χ4v) is 1.80. The van der Waals surface area contributed by atoms with Crippen LogP contribution in [0.4, 0.5) is 11.6 Å². The number of para-hydroxylation sites is 1. The Morgan fingerprint density at radius 1 is 1.21 bits per heavy atom. The minimum Gasteiger partial charge on any atom is -0.326 e. The van der Waals surface area contributed by atoms with Crippen molar-refractivity contribution in [1.29, 1.82) is 0 Å². The number of aromatic nitrogens is 2. The molecule has 0 radical (unpaired) electrons. The lowest BCUT2D eigenvalue weighted by Gasteiger charge is -2.28. The number of nitrogens with zero attached hydrogens (tertiary/aromatic N) is 2. The molecule has 1 heterocycles. The molecule has 0 spiro atoms. The van der Waals surface area contributed by atoms with Crippen LogP contribution in [0.5, 0.6) is 0 Å². The Labute approximate surface area is 115 Å².